The first-order valence-electron chi connectivity index (χ1n) is 6.13. The van der Waals surface area contributed by atoms with Crippen molar-refractivity contribution in [3.63, 3.8) is 0 Å². The molecule has 2 aromatic rings. The minimum atomic E-state index is -0.585. The number of aromatic nitrogens is 1. The minimum absolute atomic E-state index is 0.132. The Morgan fingerprint density at radius 1 is 1.25 bits per heavy atom. The van der Waals surface area contributed by atoms with Gasteiger partial charge in [-0.15, -0.1) is 0 Å². The first-order valence-corrected chi connectivity index (χ1v) is 6.13. The zero-order valence-corrected chi connectivity index (χ0v) is 10.8. The molecule has 0 fully saturated rings. The molecule has 100 valence electrons. The highest BCUT2D eigenvalue weighted by molar-refractivity contribution is 6.52. The second kappa shape index (κ2) is 4.52. The molecule has 0 aliphatic carbocycles. The van der Waals surface area contributed by atoms with Gasteiger partial charge >= 0.3 is 0 Å². The summed E-state index contributed by atoms with van der Waals surface area (Å²) in [7, 11) is 0. The number of carbonyl (C=O) groups excluding carboxylic acids is 2. The van der Waals surface area contributed by atoms with Crippen LogP contribution in [0.25, 0.3) is 0 Å². The molecule has 2 heterocycles. The molecule has 20 heavy (non-hydrogen) atoms. The van der Waals surface area contributed by atoms with E-state index in [0.29, 0.717) is 16.8 Å². The summed E-state index contributed by atoms with van der Waals surface area (Å²) >= 11 is 0. The van der Waals surface area contributed by atoms with E-state index in [0.717, 1.165) is 11.8 Å². The number of benzene rings is 1. The summed E-state index contributed by atoms with van der Waals surface area (Å²) < 4.78 is 13.2. The van der Waals surface area contributed by atoms with Gasteiger partial charge in [0.2, 0.25) is 0 Å². The minimum Gasteiger partial charge on any atom is -0.300 e. The number of ketones is 1. The summed E-state index contributed by atoms with van der Waals surface area (Å²) in [6.07, 6.45) is 2.58. The molecular weight excluding hydrogens is 259 g/mol. The van der Waals surface area contributed by atoms with Crippen LogP contribution in [-0.2, 0) is 11.3 Å². The van der Waals surface area contributed by atoms with Gasteiger partial charge in [0.05, 0.1) is 24.0 Å². The van der Waals surface area contributed by atoms with E-state index < -0.39 is 17.5 Å². The molecule has 4 nitrogen and oxygen atoms in total. The number of hydrogen-bond acceptors (Lipinski definition) is 3. The van der Waals surface area contributed by atoms with E-state index in [1.807, 2.05) is 13.0 Å². The van der Waals surface area contributed by atoms with E-state index in [-0.39, 0.29) is 6.54 Å². The van der Waals surface area contributed by atoms with E-state index in [1.165, 1.54) is 17.2 Å². The third kappa shape index (κ3) is 1.87. The number of anilines is 1. The number of carbonyl (C=O) groups is 2. The Hall–Kier alpha value is -2.56. The lowest BCUT2D eigenvalue weighted by Crippen LogP contribution is -2.29. The Labute approximate surface area is 114 Å². The highest BCUT2D eigenvalue weighted by Crippen LogP contribution is 2.33. The fourth-order valence-electron chi connectivity index (χ4n) is 2.42. The van der Waals surface area contributed by atoms with Crippen LogP contribution < -0.4 is 4.90 Å². The molecule has 0 bridgehead atoms. The number of amides is 1. The lowest BCUT2D eigenvalue weighted by atomic mass is 10.1. The molecule has 1 aromatic carbocycles. The summed E-state index contributed by atoms with van der Waals surface area (Å²) in [6.45, 7) is 1.97. The van der Waals surface area contributed by atoms with Gasteiger partial charge in [-0.2, -0.15) is 0 Å². The van der Waals surface area contributed by atoms with Gasteiger partial charge in [0.25, 0.3) is 11.7 Å². The molecule has 0 saturated carbocycles. The molecule has 1 aliphatic heterocycles. The Bertz CT molecular complexity index is 728. The van der Waals surface area contributed by atoms with Gasteiger partial charge in [-0.25, -0.2) is 4.39 Å². The van der Waals surface area contributed by atoms with Crippen molar-refractivity contribution in [2.75, 3.05) is 4.90 Å². The van der Waals surface area contributed by atoms with Gasteiger partial charge < -0.3 is 4.90 Å². The van der Waals surface area contributed by atoms with Crippen LogP contribution in [-0.4, -0.2) is 16.7 Å². The van der Waals surface area contributed by atoms with Crippen molar-refractivity contribution in [3.05, 3.63) is 59.2 Å². The van der Waals surface area contributed by atoms with E-state index in [1.54, 1.807) is 12.1 Å². The first-order chi connectivity index (χ1) is 9.58. The van der Waals surface area contributed by atoms with Gasteiger partial charge in [-0.05, 0) is 30.2 Å². The monoisotopic (exact) mass is 270 g/mol. The van der Waals surface area contributed by atoms with Gasteiger partial charge in [-0.3, -0.25) is 14.6 Å². The Kier molecular flexibility index (Phi) is 2.82. The zero-order valence-electron chi connectivity index (χ0n) is 10.8. The standard InChI is InChI=1S/C15H11FN2O2/c1-9-3-2-4-12-13(9)18(15(20)14(12)19)8-10-5-11(16)7-17-6-10/h2-7H,8H2,1H3. The largest absolute Gasteiger partial charge is 0.300 e. The maximum absolute atomic E-state index is 13.2. The lowest BCUT2D eigenvalue weighted by molar-refractivity contribution is -0.114. The molecule has 0 spiro atoms. The van der Waals surface area contributed by atoms with Crippen molar-refractivity contribution in [2.24, 2.45) is 0 Å². The lowest BCUT2D eigenvalue weighted by Gasteiger charge is -2.18. The Morgan fingerprint density at radius 2 is 2.05 bits per heavy atom. The molecule has 1 aliphatic rings. The van der Waals surface area contributed by atoms with Crippen LogP contribution >= 0.6 is 0 Å². The maximum atomic E-state index is 13.2. The fourth-order valence-corrected chi connectivity index (χ4v) is 2.42. The normalized spacial score (nSPS) is 13.8. The highest BCUT2D eigenvalue weighted by Gasteiger charge is 2.36. The van der Waals surface area contributed by atoms with E-state index >= 15 is 0 Å². The molecule has 0 radical (unpaired) electrons. The molecule has 0 unspecified atom stereocenters. The molecular formula is C15H11FN2O2. The first kappa shape index (κ1) is 12.5. The number of nitrogens with zero attached hydrogens (tertiary/aromatic N) is 2. The van der Waals surface area contributed by atoms with Crippen LogP contribution in [0.15, 0.2) is 36.7 Å². The quantitative estimate of drug-likeness (QED) is 0.786. The maximum Gasteiger partial charge on any atom is 0.299 e. The Morgan fingerprint density at radius 3 is 2.80 bits per heavy atom. The molecule has 5 heteroatoms. The van der Waals surface area contributed by atoms with Crippen LogP contribution in [0.4, 0.5) is 10.1 Å². The third-order valence-corrected chi connectivity index (χ3v) is 3.29. The molecule has 1 amide bonds. The van der Waals surface area contributed by atoms with E-state index in [4.69, 9.17) is 0 Å². The number of fused-ring (bicyclic) bond motifs is 1. The van der Waals surface area contributed by atoms with Gasteiger partial charge in [0.15, 0.2) is 0 Å². The van der Waals surface area contributed by atoms with Crippen molar-refractivity contribution >= 4 is 17.4 Å². The van der Waals surface area contributed by atoms with Crippen LogP contribution in [0.5, 0.6) is 0 Å². The fraction of sp³-hybridized carbons (Fsp3) is 0.133. The van der Waals surface area contributed by atoms with Crippen LogP contribution in [0.1, 0.15) is 21.5 Å². The van der Waals surface area contributed by atoms with Crippen molar-refractivity contribution in [1.29, 1.82) is 0 Å². The van der Waals surface area contributed by atoms with Crippen molar-refractivity contribution in [3.8, 4) is 0 Å². The highest BCUT2D eigenvalue weighted by atomic mass is 19.1. The number of aryl methyl sites for hydroxylation is 1. The molecule has 0 N–H and O–H groups in total. The average Bonchev–Trinajstić information content (AvgIpc) is 2.66. The van der Waals surface area contributed by atoms with Gasteiger partial charge in [0, 0.05) is 6.20 Å². The summed E-state index contributed by atoms with van der Waals surface area (Å²) in [6, 6.07) is 6.52. The van der Waals surface area contributed by atoms with Gasteiger partial charge in [-0.1, -0.05) is 12.1 Å². The second-order valence-corrected chi connectivity index (χ2v) is 4.70. The summed E-state index contributed by atoms with van der Waals surface area (Å²) in [5, 5.41) is 0. The number of Topliss-reactive ketones (excluding diaryl/α,β-unsaturated/α-hetero) is 1. The predicted octanol–water partition coefficient (Wildman–Crippen LogP) is 2.26. The molecule has 0 saturated heterocycles. The second-order valence-electron chi connectivity index (χ2n) is 4.70. The molecule has 3 rings (SSSR count). The average molecular weight is 270 g/mol. The number of rotatable bonds is 2. The number of halogens is 1. The van der Waals surface area contributed by atoms with Gasteiger partial charge in [0.1, 0.15) is 5.82 Å². The SMILES string of the molecule is Cc1cccc2c1N(Cc1cncc(F)c1)C(=O)C2=O. The Balaban J connectivity index is 2.03. The number of hydrogen-bond donors (Lipinski definition) is 0. The van der Waals surface area contributed by atoms with E-state index in [9.17, 15) is 14.0 Å². The van der Waals surface area contributed by atoms with Crippen LogP contribution in [0.3, 0.4) is 0 Å². The molecule has 0 atom stereocenters. The predicted molar refractivity (Wildman–Crippen MR) is 70.9 cm³/mol. The molecule has 1 aromatic heterocycles. The van der Waals surface area contributed by atoms with Crippen molar-refractivity contribution < 1.29 is 14.0 Å². The number of pyridine rings is 1. The zero-order chi connectivity index (χ0) is 14.3. The third-order valence-electron chi connectivity index (χ3n) is 3.29. The van der Waals surface area contributed by atoms with Crippen molar-refractivity contribution in [2.45, 2.75) is 13.5 Å². The summed E-state index contributed by atoms with van der Waals surface area (Å²) in [5.41, 5.74) is 2.39. The smallest absolute Gasteiger partial charge is 0.299 e. The summed E-state index contributed by atoms with van der Waals surface area (Å²) in [4.78, 5) is 29.1. The van der Waals surface area contributed by atoms with Crippen molar-refractivity contribution in [1.82, 2.24) is 4.98 Å². The van der Waals surface area contributed by atoms with Crippen LogP contribution in [0.2, 0.25) is 0 Å². The summed E-state index contributed by atoms with van der Waals surface area (Å²) in [5.74, 6) is -1.57. The van der Waals surface area contributed by atoms with Crippen LogP contribution in [0, 0.1) is 12.7 Å². The number of para-hydroxylation sites is 1. The van der Waals surface area contributed by atoms with E-state index in [2.05, 4.69) is 4.98 Å². The topological polar surface area (TPSA) is 50.3 Å².